The smallest absolute Gasteiger partial charge is 0.356 e. The first-order valence-electron chi connectivity index (χ1n) is 25.4. The lowest BCUT2D eigenvalue weighted by molar-refractivity contribution is -0.144. The molecule has 79 heavy (non-hydrogen) atoms. The van der Waals surface area contributed by atoms with Crippen molar-refractivity contribution in [3.63, 3.8) is 0 Å². The zero-order valence-electron chi connectivity index (χ0n) is 43.8. The van der Waals surface area contributed by atoms with Crippen LogP contribution < -0.4 is 19.6 Å². The van der Waals surface area contributed by atoms with Crippen LogP contribution in [0.25, 0.3) is 0 Å². The number of rotatable bonds is 19. The van der Waals surface area contributed by atoms with E-state index < -0.39 is 47.0 Å². The zero-order valence-corrected chi connectivity index (χ0v) is 46.2. The van der Waals surface area contributed by atoms with Gasteiger partial charge in [0.1, 0.15) is 11.6 Å². The van der Waals surface area contributed by atoms with Gasteiger partial charge in [0.25, 0.3) is 11.9 Å². The minimum atomic E-state index is -4.95. The molecule has 4 aromatic heterocycles. The van der Waals surface area contributed by atoms with Crippen LogP contribution in [0.1, 0.15) is 110 Å². The third-order valence-electron chi connectivity index (χ3n) is 13.7. The Morgan fingerprint density at radius 2 is 0.886 bits per heavy atom. The molecule has 14 nitrogen and oxygen atoms in total. The van der Waals surface area contributed by atoms with Crippen LogP contribution in [0, 0.1) is 11.8 Å². The minimum absolute atomic E-state index is 0.0632. The first-order chi connectivity index (χ1) is 37.2. The average molecular weight is 1210 g/mol. The molecule has 2 fully saturated rings. The number of thioether (sulfide) groups is 1. The Labute approximate surface area is 461 Å². The molecule has 8 rings (SSSR count). The Bertz CT molecular complexity index is 2890. The molecule has 2 aliphatic carbocycles. The number of benzene rings is 2. The summed E-state index contributed by atoms with van der Waals surface area (Å²) in [5.74, 6) is 2.63. The number of aryl methyl sites for hydroxylation is 2. The summed E-state index contributed by atoms with van der Waals surface area (Å²) < 4.78 is 163. The van der Waals surface area contributed by atoms with Gasteiger partial charge in [-0.1, -0.05) is 35.9 Å². The topological polar surface area (TPSA) is 126 Å². The van der Waals surface area contributed by atoms with E-state index in [0.717, 1.165) is 84.9 Å². The summed E-state index contributed by atoms with van der Waals surface area (Å²) in [6.07, 6.45) is -5.14. The first-order valence-corrected chi connectivity index (χ1v) is 27.4. The molecule has 0 bridgehead atoms. The Morgan fingerprint density at radius 1 is 0.519 bits per heavy atom. The van der Waals surface area contributed by atoms with Gasteiger partial charge >= 0.3 is 24.7 Å². The molecule has 0 atom stereocenters. The van der Waals surface area contributed by atoms with Crippen molar-refractivity contribution in [1.29, 1.82) is 0 Å². The van der Waals surface area contributed by atoms with Crippen molar-refractivity contribution in [2.24, 2.45) is 25.9 Å². The normalized spacial score (nSPS) is 14.7. The van der Waals surface area contributed by atoms with Gasteiger partial charge in [-0.2, -0.15) is 62.3 Å². The second kappa shape index (κ2) is 25.7. The van der Waals surface area contributed by atoms with E-state index in [4.69, 9.17) is 4.98 Å². The SMILES string of the molecule is CCN(CC1CCCC1)c1ncc(Br)cc1CN(Cc1cc(C(F)(F)F)cc(C(F)(F)F)c1)c1nnn(C)n1.CCN(CC1CCCC1)c1ncc(SC)cc1CN(Cc1cc(C(F)(F)F)cc(C(F)(F)F)c1)c1nnn(C)n1. The predicted molar refractivity (Wildman–Crippen MR) is 278 cm³/mol. The van der Waals surface area contributed by atoms with Crippen LogP contribution >= 0.6 is 27.7 Å². The molecule has 0 unspecified atom stereocenters. The number of hydrogen-bond donors (Lipinski definition) is 0. The van der Waals surface area contributed by atoms with Gasteiger partial charge < -0.3 is 19.6 Å². The number of aromatic nitrogens is 10. The van der Waals surface area contributed by atoms with Gasteiger partial charge in [0.15, 0.2) is 0 Å². The first kappa shape index (κ1) is 60.7. The fourth-order valence-electron chi connectivity index (χ4n) is 9.88. The van der Waals surface area contributed by atoms with Gasteiger partial charge in [0.05, 0.1) is 49.4 Å². The number of anilines is 4. The Kier molecular flexibility index (Phi) is 19.7. The molecule has 4 heterocycles. The summed E-state index contributed by atoms with van der Waals surface area (Å²) in [5.41, 5.74) is -4.37. The molecule has 0 radical (unpaired) electrons. The molecule has 28 heteroatoms. The number of alkyl halides is 12. The summed E-state index contributed by atoms with van der Waals surface area (Å²) in [6, 6.07) is 6.93. The van der Waals surface area contributed by atoms with E-state index in [1.54, 1.807) is 12.4 Å². The maximum atomic E-state index is 13.5. The van der Waals surface area contributed by atoms with E-state index >= 15 is 0 Å². The molecule has 2 saturated carbocycles. The molecule has 0 amide bonds. The van der Waals surface area contributed by atoms with Crippen LogP contribution in [0.4, 0.5) is 76.2 Å². The molecule has 0 N–H and O–H groups in total. The summed E-state index contributed by atoms with van der Waals surface area (Å²) in [7, 11) is 3.05. The number of pyridine rings is 2. The fraction of sp³-hybridized carbons (Fsp3) is 0.529. The van der Waals surface area contributed by atoms with Crippen molar-refractivity contribution in [1.82, 2.24) is 50.4 Å². The van der Waals surface area contributed by atoms with Crippen molar-refractivity contribution in [2.75, 3.05) is 52.0 Å². The highest BCUT2D eigenvalue weighted by molar-refractivity contribution is 9.10. The lowest BCUT2D eigenvalue weighted by atomic mass is 10.0. The van der Waals surface area contributed by atoms with Crippen LogP contribution in [-0.2, 0) is 65.0 Å². The van der Waals surface area contributed by atoms with Gasteiger partial charge in [-0.3, -0.25) is 0 Å². The van der Waals surface area contributed by atoms with Crippen LogP contribution in [0.3, 0.4) is 0 Å². The zero-order chi connectivity index (χ0) is 57.5. The molecule has 0 aliphatic heterocycles. The van der Waals surface area contributed by atoms with E-state index in [1.165, 1.54) is 70.9 Å². The molecule has 2 aromatic carbocycles. The largest absolute Gasteiger partial charge is 0.416 e. The molecular formula is C51H59BrF12N14S. The van der Waals surface area contributed by atoms with E-state index in [9.17, 15) is 52.7 Å². The third kappa shape index (κ3) is 16.6. The van der Waals surface area contributed by atoms with Crippen molar-refractivity contribution in [3.05, 3.63) is 110 Å². The highest BCUT2D eigenvalue weighted by atomic mass is 79.9. The fourth-order valence-corrected chi connectivity index (χ4v) is 10.7. The highest BCUT2D eigenvalue weighted by Crippen LogP contribution is 2.40. The molecule has 6 aromatic rings. The second-order valence-corrected chi connectivity index (χ2v) is 21.4. The third-order valence-corrected chi connectivity index (χ3v) is 14.8. The Hall–Kier alpha value is -5.93. The van der Waals surface area contributed by atoms with Crippen molar-refractivity contribution in [2.45, 2.75) is 121 Å². The monoisotopic (exact) mass is 1210 g/mol. The van der Waals surface area contributed by atoms with Crippen LogP contribution in [0.5, 0.6) is 0 Å². The Balaban J connectivity index is 0.000000229. The van der Waals surface area contributed by atoms with E-state index in [1.807, 2.05) is 32.2 Å². The van der Waals surface area contributed by atoms with Crippen molar-refractivity contribution >= 4 is 51.2 Å². The number of halogens is 13. The summed E-state index contributed by atoms with van der Waals surface area (Å²) in [4.78, 5) is 20.0. The molecule has 0 saturated heterocycles. The summed E-state index contributed by atoms with van der Waals surface area (Å²) in [5, 5.41) is 24.0. The van der Waals surface area contributed by atoms with E-state index in [-0.39, 0.29) is 61.3 Å². The van der Waals surface area contributed by atoms with Gasteiger partial charge in [-0.15, -0.1) is 22.0 Å². The van der Waals surface area contributed by atoms with Gasteiger partial charge in [-0.05, 0) is 144 Å². The minimum Gasteiger partial charge on any atom is -0.356 e. The summed E-state index contributed by atoms with van der Waals surface area (Å²) in [6.45, 7) is 6.61. The number of tetrazole rings is 2. The van der Waals surface area contributed by atoms with E-state index in [2.05, 4.69) is 61.5 Å². The van der Waals surface area contributed by atoms with E-state index in [0.29, 0.717) is 35.2 Å². The molecular weight excluding hydrogens is 1150 g/mol. The maximum absolute atomic E-state index is 13.5. The highest BCUT2D eigenvalue weighted by Gasteiger charge is 2.39. The quantitative estimate of drug-likeness (QED) is 0.0565. The molecule has 2 aliphatic rings. The molecule has 0 spiro atoms. The van der Waals surface area contributed by atoms with Crippen LogP contribution in [0.2, 0.25) is 0 Å². The van der Waals surface area contributed by atoms with Gasteiger partial charge in [0, 0.05) is 72.2 Å². The Morgan fingerprint density at radius 3 is 1.22 bits per heavy atom. The van der Waals surface area contributed by atoms with Crippen LogP contribution in [-0.4, -0.2) is 82.8 Å². The number of hydrogen-bond acceptors (Lipinski definition) is 13. The second-order valence-electron chi connectivity index (χ2n) is 19.6. The lowest BCUT2D eigenvalue weighted by Gasteiger charge is -2.29. The van der Waals surface area contributed by atoms with Gasteiger partial charge in [0.2, 0.25) is 0 Å². The lowest BCUT2D eigenvalue weighted by Crippen LogP contribution is -2.32. The summed E-state index contributed by atoms with van der Waals surface area (Å²) >= 11 is 4.93. The van der Waals surface area contributed by atoms with Crippen molar-refractivity contribution in [3.8, 4) is 0 Å². The predicted octanol–water partition coefficient (Wildman–Crippen LogP) is 13.2. The van der Waals surface area contributed by atoms with Gasteiger partial charge in [-0.25, -0.2) is 9.97 Å². The average Bonchev–Trinajstić information content (AvgIpc) is 4.25. The molecule has 430 valence electrons. The number of nitrogens with zero attached hydrogens (tertiary/aromatic N) is 14. The standard InChI is InChI=1S/C26H31F6N7S.C25H28BrF6N7/c1-4-38(14-17-7-5-6-8-17)23-19(11-22(40-3)13-33-23)16-39(24-34-36-37(2)35-24)15-18-9-20(25(27,28)29)12-21(10-18)26(30,31)32;1-3-38(13-16-6-4-5-7-16)22-18(10-21(26)12-33-22)15-39(23-34-36-37(2)35-23)14-17-8-19(24(27,28)29)11-20(9-17)25(30,31)32/h9-13,17H,4-8,14-16H2,1-3H3;8-12,16H,3-7,13-15H2,1-2H3. The van der Waals surface area contributed by atoms with Crippen LogP contribution in [0.15, 0.2) is 70.3 Å². The van der Waals surface area contributed by atoms with Crippen molar-refractivity contribution < 1.29 is 52.7 Å². The maximum Gasteiger partial charge on any atom is 0.416 e.